The third-order valence-corrected chi connectivity index (χ3v) is 4.62. The Balaban J connectivity index is 2.30. The zero-order valence-corrected chi connectivity index (χ0v) is 12.2. The lowest BCUT2D eigenvalue weighted by Crippen LogP contribution is -2.19. The van der Waals surface area contributed by atoms with E-state index in [-0.39, 0.29) is 5.03 Å². The quantitative estimate of drug-likeness (QED) is 0.741. The van der Waals surface area contributed by atoms with Crippen LogP contribution in [0.3, 0.4) is 0 Å². The first-order valence-electron chi connectivity index (χ1n) is 5.71. The molecule has 0 aliphatic rings. The molecule has 0 atom stereocenters. The molecule has 0 amide bonds. The van der Waals surface area contributed by atoms with E-state index in [4.69, 9.17) is 0 Å². The minimum absolute atomic E-state index is 0.0150. The first kappa shape index (κ1) is 14.0. The maximum Gasteiger partial charge on any atom is 0.283 e. The molecule has 19 heavy (non-hydrogen) atoms. The highest BCUT2D eigenvalue weighted by Gasteiger charge is 2.24. The molecule has 0 radical (unpaired) electrons. The Morgan fingerprint density at radius 1 is 1.47 bits per heavy atom. The van der Waals surface area contributed by atoms with Gasteiger partial charge in [-0.25, -0.2) is 4.98 Å². The van der Waals surface area contributed by atoms with Crippen molar-refractivity contribution in [1.82, 2.24) is 20.5 Å². The first-order valence-corrected chi connectivity index (χ1v) is 8.07. The predicted molar refractivity (Wildman–Crippen MR) is 73.6 cm³/mol. The number of anilines is 1. The lowest BCUT2D eigenvalue weighted by molar-refractivity contribution is 0.594. The molecule has 2 heterocycles. The molecule has 0 unspecified atom stereocenters. The Kier molecular flexibility index (Phi) is 4.17. The van der Waals surface area contributed by atoms with Crippen LogP contribution in [-0.2, 0) is 16.6 Å². The average molecular weight is 301 g/mol. The van der Waals surface area contributed by atoms with E-state index in [2.05, 4.69) is 25.2 Å². The maximum atomic E-state index is 12.2. The van der Waals surface area contributed by atoms with Gasteiger partial charge in [0.2, 0.25) is 5.03 Å². The van der Waals surface area contributed by atoms with Crippen molar-refractivity contribution in [2.24, 2.45) is 0 Å². The molecular formula is C10H15N5O2S2. The number of nitrogens with zero attached hydrogens (tertiary/aromatic N) is 2. The number of sulfonamides is 1. The second-order valence-electron chi connectivity index (χ2n) is 3.86. The number of aromatic amines is 1. The van der Waals surface area contributed by atoms with Gasteiger partial charge in [-0.3, -0.25) is 9.82 Å². The summed E-state index contributed by atoms with van der Waals surface area (Å²) in [7, 11) is -3.71. The number of hydrogen-bond acceptors (Lipinski definition) is 6. The number of hydrogen-bond donors (Lipinski definition) is 3. The van der Waals surface area contributed by atoms with Crippen LogP contribution in [0, 0.1) is 6.92 Å². The minimum atomic E-state index is -3.71. The second kappa shape index (κ2) is 5.68. The number of nitrogens with one attached hydrogen (secondary N) is 3. The molecule has 0 aromatic carbocycles. The third-order valence-electron chi connectivity index (χ3n) is 2.50. The average Bonchev–Trinajstić information content (AvgIpc) is 2.96. The highest BCUT2D eigenvalue weighted by Crippen LogP contribution is 2.20. The van der Waals surface area contributed by atoms with Gasteiger partial charge in [0.1, 0.15) is 0 Å². The number of H-pyrrole nitrogens is 1. The van der Waals surface area contributed by atoms with E-state index in [0.717, 1.165) is 12.2 Å². The molecule has 0 spiro atoms. The van der Waals surface area contributed by atoms with Gasteiger partial charge in [0, 0.05) is 29.4 Å². The topological polar surface area (TPSA) is 99.8 Å². The van der Waals surface area contributed by atoms with E-state index in [1.165, 1.54) is 17.5 Å². The summed E-state index contributed by atoms with van der Waals surface area (Å²) >= 11 is 1.22. The summed E-state index contributed by atoms with van der Waals surface area (Å²) in [6.45, 7) is 4.95. The fraction of sp³-hybridized carbons (Fsp3) is 0.400. The van der Waals surface area contributed by atoms with Crippen molar-refractivity contribution in [3.05, 3.63) is 22.8 Å². The van der Waals surface area contributed by atoms with Crippen LogP contribution in [0.15, 0.2) is 16.6 Å². The van der Waals surface area contributed by atoms with E-state index in [1.54, 1.807) is 12.3 Å². The van der Waals surface area contributed by atoms with Crippen LogP contribution in [0.25, 0.3) is 0 Å². The van der Waals surface area contributed by atoms with Gasteiger partial charge in [0.15, 0.2) is 5.13 Å². The maximum absolute atomic E-state index is 12.2. The number of aromatic nitrogens is 3. The van der Waals surface area contributed by atoms with Gasteiger partial charge in [-0.2, -0.15) is 13.5 Å². The molecule has 3 N–H and O–H groups in total. The van der Waals surface area contributed by atoms with E-state index in [9.17, 15) is 8.42 Å². The van der Waals surface area contributed by atoms with E-state index in [0.29, 0.717) is 17.2 Å². The van der Waals surface area contributed by atoms with Crippen LogP contribution >= 0.6 is 11.3 Å². The molecule has 0 saturated heterocycles. The van der Waals surface area contributed by atoms with Crippen molar-refractivity contribution in [2.75, 3.05) is 11.3 Å². The first-order chi connectivity index (χ1) is 9.04. The van der Waals surface area contributed by atoms with Crippen molar-refractivity contribution < 1.29 is 8.42 Å². The molecule has 2 aromatic rings. The Bertz CT molecular complexity index is 633. The van der Waals surface area contributed by atoms with Crippen LogP contribution in [-0.4, -0.2) is 30.1 Å². The highest BCUT2D eigenvalue weighted by molar-refractivity contribution is 7.92. The molecule has 0 aliphatic carbocycles. The summed E-state index contributed by atoms with van der Waals surface area (Å²) in [5.74, 6) is 0. The summed E-state index contributed by atoms with van der Waals surface area (Å²) < 4.78 is 26.9. The zero-order valence-electron chi connectivity index (χ0n) is 10.6. The van der Waals surface area contributed by atoms with E-state index < -0.39 is 10.0 Å². The van der Waals surface area contributed by atoms with Crippen molar-refractivity contribution in [3.8, 4) is 0 Å². The lowest BCUT2D eigenvalue weighted by Gasteiger charge is -2.06. The van der Waals surface area contributed by atoms with Gasteiger partial charge >= 0.3 is 0 Å². The molecule has 2 aromatic heterocycles. The van der Waals surface area contributed by atoms with Gasteiger partial charge in [-0.05, 0) is 13.5 Å². The molecule has 7 nitrogen and oxygen atoms in total. The number of thiazole rings is 1. The SMILES string of the molecule is CCNCc1c(S(=O)(=O)Nc2nccs2)n[nH]c1C. The summed E-state index contributed by atoms with van der Waals surface area (Å²) in [4.78, 5) is 3.90. The highest BCUT2D eigenvalue weighted by atomic mass is 32.2. The van der Waals surface area contributed by atoms with Gasteiger partial charge in [-0.15, -0.1) is 11.3 Å². The largest absolute Gasteiger partial charge is 0.313 e. The van der Waals surface area contributed by atoms with Crippen LogP contribution in [0.1, 0.15) is 18.2 Å². The zero-order chi connectivity index (χ0) is 13.9. The minimum Gasteiger partial charge on any atom is -0.313 e. The fourth-order valence-electron chi connectivity index (χ4n) is 1.55. The molecule has 104 valence electrons. The smallest absolute Gasteiger partial charge is 0.283 e. The van der Waals surface area contributed by atoms with Gasteiger partial charge in [0.05, 0.1) is 0 Å². The Morgan fingerprint density at radius 2 is 2.26 bits per heavy atom. The van der Waals surface area contributed by atoms with E-state index in [1.807, 2.05) is 6.92 Å². The van der Waals surface area contributed by atoms with Gasteiger partial charge in [0.25, 0.3) is 10.0 Å². The summed E-state index contributed by atoms with van der Waals surface area (Å²) in [5.41, 5.74) is 1.38. The fourth-order valence-corrected chi connectivity index (χ4v) is 3.54. The van der Waals surface area contributed by atoms with Crippen LogP contribution < -0.4 is 10.0 Å². The summed E-state index contributed by atoms with van der Waals surface area (Å²) in [5, 5.41) is 11.7. The van der Waals surface area contributed by atoms with Crippen LogP contribution in [0.4, 0.5) is 5.13 Å². The standard InChI is InChI=1S/C10H15N5O2S2/c1-3-11-6-8-7(2)13-14-9(8)19(16,17)15-10-12-4-5-18-10/h4-5,11H,3,6H2,1-2H3,(H,12,15)(H,13,14). The van der Waals surface area contributed by atoms with Crippen molar-refractivity contribution in [3.63, 3.8) is 0 Å². The molecule has 0 aliphatic heterocycles. The Hall–Kier alpha value is -1.45. The van der Waals surface area contributed by atoms with Gasteiger partial charge < -0.3 is 5.32 Å². The molecular weight excluding hydrogens is 286 g/mol. The van der Waals surface area contributed by atoms with Gasteiger partial charge in [-0.1, -0.05) is 6.92 Å². The number of aryl methyl sites for hydroxylation is 1. The lowest BCUT2D eigenvalue weighted by atomic mass is 10.2. The molecule has 0 saturated carbocycles. The molecule has 0 fully saturated rings. The summed E-state index contributed by atoms with van der Waals surface area (Å²) in [6.07, 6.45) is 1.54. The van der Waals surface area contributed by atoms with Crippen molar-refractivity contribution in [2.45, 2.75) is 25.4 Å². The normalized spacial score (nSPS) is 11.7. The molecule has 9 heteroatoms. The Morgan fingerprint density at radius 3 is 2.89 bits per heavy atom. The van der Waals surface area contributed by atoms with Crippen molar-refractivity contribution in [1.29, 1.82) is 0 Å². The summed E-state index contributed by atoms with van der Waals surface area (Å²) in [6, 6.07) is 0. The van der Waals surface area contributed by atoms with Crippen LogP contribution in [0.2, 0.25) is 0 Å². The third kappa shape index (κ3) is 3.11. The second-order valence-corrected chi connectivity index (χ2v) is 6.35. The van der Waals surface area contributed by atoms with Crippen molar-refractivity contribution >= 4 is 26.5 Å². The van der Waals surface area contributed by atoms with Crippen LogP contribution in [0.5, 0.6) is 0 Å². The molecule has 0 bridgehead atoms. The Labute approximate surface area is 115 Å². The predicted octanol–water partition coefficient (Wildman–Crippen LogP) is 1.08. The number of rotatable bonds is 6. The van der Waals surface area contributed by atoms with E-state index >= 15 is 0 Å². The molecule has 2 rings (SSSR count). The monoisotopic (exact) mass is 301 g/mol.